The lowest BCUT2D eigenvalue weighted by Gasteiger charge is -2.10. The molecular formula is C23H21N3O5S2. The smallest absolute Gasteiger partial charge is 0.264 e. The molecule has 0 bridgehead atoms. The summed E-state index contributed by atoms with van der Waals surface area (Å²) in [6.07, 6.45) is 0. The van der Waals surface area contributed by atoms with Crippen LogP contribution in [0.3, 0.4) is 0 Å². The average molecular weight is 484 g/mol. The van der Waals surface area contributed by atoms with Gasteiger partial charge in [-0.3, -0.25) is 4.72 Å². The molecule has 170 valence electrons. The van der Waals surface area contributed by atoms with Crippen molar-refractivity contribution in [3.63, 3.8) is 0 Å². The molecule has 1 aromatic heterocycles. The molecule has 0 spiro atoms. The van der Waals surface area contributed by atoms with E-state index in [-0.39, 0.29) is 21.4 Å². The van der Waals surface area contributed by atoms with E-state index in [1.165, 1.54) is 36.4 Å². The summed E-state index contributed by atoms with van der Waals surface area (Å²) in [7, 11) is -7.78. The van der Waals surface area contributed by atoms with Crippen LogP contribution in [-0.4, -0.2) is 22.0 Å². The number of aryl methyl sites for hydroxylation is 1. The normalized spacial score (nSPS) is 11.8. The first-order valence-corrected chi connectivity index (χ1v) is 12.9. The summed E-state index contributed by atoms with van der Waals surface area (Å²) in [5.41, 5.74) is 3.27. The minimum atomic E-state index is -3.93. The molecule has 4 aromatic rings. The predicted octanol–water partition coefficient (Wildman–Crippen LogP) is 4.56. The Balaban J connectivity index is 1.49. The van der Waals surface area contributed by atoms with Crippen LogP contribution >= 0.6 is 0 Å². The van der Waals surface area contributed by atoms with Crippen molar-refractivity contribution < 1.29 is 21.4 Å². The molecule has 0 saturated carbocycles. The fourth-order valence-electron chi connectivity index (χ4n) is 3.06. The summed E-state index contributed by atoms with van der Waals surface area (Å²) >= 11 is 0. The Kier molecular flexibility index (Phi) is 5.96. The molecule has 4 rings (SSSR count). The van der Waals surface area contributed by atoms with Gasteiger partial charge in [0.1, 0.15) is 0 Å². The van der Waals surface area contributed by atoms with Gasteiger partial charge in [0.25, 0.3) is 20.0 Å². The van der Waals surface area contributed by atoms with Crippen molar-refractivity contribution in [1.29, 1.82) is 0 Å². The Hall–Kier alpha value is -3.63. The van der Waals surface area contributed by atoms with Crippen LogP contribution in [0.15, 0.2) is 93.2 Å². The van der Waals surface area contributed by atoms with Gasteiger partial charge in [-0.15, -0.1) is 0 Å². The van der Waals surface area contributed by atoms with Crippen LogP contribution in [0.2, 0.25) is 0 Å². The number of nitrogens with one attached hydrogen (secondary N) is 2. The fourth-order valence-corrected chi connectivity index (χ4v) is 5.17. The maximum absolute atomic E-state index is 12.8. The van der Waals surface area contributed by atoms with Gasteiger partial charge in [0.2, 0.25) is 5.88 Å². The quantitative estimate of drug-likeness (QED) is 0.398. The van der Waals surface area contributed by atoms with Gasteiger partial charge in [-0.05, 0) is 61.4 Å². The molecule has 0 saturated heterocycles. The van der Waals surface area contributed by atoms with E-state index in [0.29, 0.717) is 11.3 Å². The maximum Gasteiger partial charge on any atom is 0.264 e. The maximum atomic E-state index is 12.8. The monoisotopic (exact) mass is 483 g/mol. The zero-order valence-electron chi connectivity index (χ0n) is 17.8. The van der Waals surface area contributed by atoms with E-state index < -0.39 is 20.0 Å². The van der Waals surface area contributed by atoms with Crippen LogP contribution in [-0.2, 0) is 20.0 Å². The number of sulfonamides is 2. The van der Waals surface area contributed by atoms with Crippen LogP contribution in [0.25, 0.3) is 11.1 Å². The fraction of sp³-hybridized carbons (Fsp3) is 0.0870. The summed E-state index contributed by atoms with van der Waals surface area (Å²) in [5.74, 6) is 0.0382. The van der Waals surface area contributed by atoms with Crippen molar-refractivity contribution in [2.24, 2.45) is 0 Å². The Bertz CT molecular complexity index is 1480. The van der Waals surface area contributed by atoms with Crippen molar-refractivity contribution in [3.05, 3.63) is 90.1 Å². The lowest BCUT2D eigenvalue weighted by atomic mass is 10.1. The molecule has 0 atom stereocenters. The zero-order chi connectivity index (χ0) is 23.6. The van der Waals surface area contributed by atoms with Crippen LogP contribution < -0.4 is 9.44 Å². The number of nitrogens with zero attached hydrogens (tertiary/aromatic N) is 1. The molecule has 0 aliphatic heterocycles. The standard InChI is InChI=1S/C23H21N3O5S2/c1-16-17(2)24-31-23(16)26-33(29,30)22-14-10-20(11-15-22)25-32(27,28)21-12-8-19(9-13-21)18-6-4-3-5-7-18/h3-15,25-26H,1-2H3. The summed E-state index contributed by atoms with van der Waals surface area (Å²) in [5, 5.41) is 3.72. The highest BCUT2D eigenvalue weighted by atomic mass is 32.2. The topological polar surface area (TPSA) is 118 Å². The Morgan fingerprint density at radius 3 is 1.73 bits per heavy atom. The number of benzene rings is 3. The van der Waals surface area contributed by atoms with E-state index >= 15 is 0 Å². The summed E-state index contributed by atoms with van der Waals surface area (Å²) in [6.45, 7) is 3.39. The third-order valence-corrected chi connectivity index (χ3v) is 7.82. The molecule has 0 radical (unpaired) electrons. The van der Waals surface area contributed by atoms with Gasteiger partial charge in [0.05, 0.1) is 15.5 Å². The number of anilines is 2. The minimum Gasteiger partial charge on any atom is -0.337 e. The Morgan fingerprint density at radius 2 is 1.18 bits per heavy atom. The molecule has 0 aliphatic carbocycles. The number of hydrogen-bond donors (Lipinski definition) is 2. The first-order valence-electron chi connectivity index (χ1n) is 9.90. The van der Waals surface area contributed by atoms with E-state index in [0.717, 1.165) is 11.1 Å². The Labute approximate surface area is 192 Å². The van der Waals surface area contributed by atoms with Crippen molar-refractivity contribution >= 4 is 31.6 Å². The van der Waals surface area contributed by atoms with Gasteiger partial charge >= 0.3 is 0 Å². The van der Waals surface area contributed by atoms with Gasteiger partial charge in [0.15, 0.2) is 0 Å². The minimum absolute atomic E-state index is 0.0382. The predicted molar refractivity (Wildman–Crippen MR) is 126 cm³/mol. The SMILES string of the molecule is Cc1noc(NS(=O)(=O)c2ccc(NS(=O)(=O)c3ccc(-c4ccccc4)cc3)cc2)c1C. The summed E-state index contributed by atoms with van der Waals surface area (Å²) in [6, 6.07) is 21.5. The molecule has 0 unspecified atom stereocenters. The lowest BCUT2D eigenvalue weighted by Crippen LogP contribution is -2.14. The zero-order valence-corrected chi connectivity index (χ0v) is 19.4. The molecule has 10 heteroatoms. The van der Waals surface area contributed by atoms with Gasteiger partial charge in [-0.1, -0.05) is 47.6 Å². The van der Waals surface area contributed by atoms with Crippen LogP contribution in [0.5, 0.6) is 0 Å². The number of hydrogen-bond acceptors (Lipinski definition) is 6. The van der Waals surface area contributed by atoms with E-state index in [2.05, 4.69) is 14.6 Å². The lowest BCUT2D eigenvalue weighted by molar-refractivity contribution is 0.430. The van der Waals surface area contributed by atoms with E-state index in [4.69, 9.17) is 4.52 Å². The van der Waals surface area contributed by atoms with Crippen LogP contribution in [0.1, 0.15) is 11.3 Å². The second-order valence-corrected chi connectivity index (χ2v) is 10.7. The Morgan fingerprint density at radius 1 is 0.667 bits per heavy atom. The number of aromatic nitrogens is 1. The third kappa shape index (κ3) is 4.91. The van der Waals surface area contributed by atoms with E-state index in [1.54, 1.807) is 26.0 Å². The highest BCUT2D eigenvalue weighted by Crippen LogP contribution is 2.25. The largest absolute Gasteiger partial charge is 0.337 e. The molecule has 8 nitrogen and oxygen atoms in total. The van der Waals surface area contributed by atoms with Gasteiger partial charge in [0, 0.05) is 11.3 Å². The summed E-state index contributed by atoms with van der Waals surface area (Å²) < 4.78 is 60.5. The van der Waals surface area contributed by atoms with Crippen molar-refractivity contribution in [2.75, 3.05) is 9.44 Å². The molecule has 0 aliphatic rings. The van der Waals surface area contributed by atoms with E-state index in [9.17, 15) is 16.8 Å². The van der Waals surface area contributed by atoms with Gasteiger partial charge in [-0.2, -0.15) is 0 Å². The van der Waals surface area contributed by atoms with Crippen LogP contribution in [0, 0.1) is 13.8 Å². The van der Waals surface area contributed by atoms with Gasteiger partial charge < -0.3 is 4.52 Å². The van der Waals surface area contributed by atoms with Crippen molar-refractivity contribution in [3.8, 4) is 11.1 Å². The van der Waals surface area contributed by atoms with Crippen molar-refractivity contribution in [2.45, 2.75) is 23.6 Å². The molecule has 33 heavy (non-hydrogen) atoms. The average Bonchev–Trinajstić information content (AvgIpc) is 3.11. The second kappa shape index (κ2) is 8.72. The highest BCUT2D eigenvalue weighted by molar-refractivity contribution is 7.93. The second-order valence-electron chi connectivity index (χ2n) is 7.35. The molecular weight excluding hydrogens is 462 g/mol. The summed E-state index contributed by atoms with van der Waals surface area (Å²) in [4.78, 5) is 0.0443. The van der Waals surface area contributed by atoms with Crippen LogP contribution in [0.4, 0.5) is 11.6 Å². The molecule has 3 aromatic carbocycles. The van der Waals surface area contributed by atoms with E-state index in [1.807, 2.05) is 30.3 Å². The number of rotatable bonds is 7. The molecule has 0 amide bonds. The third-order valence-electron chi connectivity index (χ3n) is 5.07. The first-order chi connectivity index (χ1) is 15.7. The highest BCUT2D eigenvalue weighted by Gasteiger charge is 2.20. The van der Waals surface area contributed by atoms with Crippen molar-refractivity contribution in [1.82, 2.24) is 5.16 Å². The van der Waals surface area contributed by atoms with Gasteiger partial charge in [-0.25, -0.2) is 21.6 Å². The first kappa shape index (κ1) is 22.6. The molecule has 2 N–H and O–H groups in total. The molecule has 1 heterocycles. The molecule has 0 fully saturated rings.